The van der Waals surface area contributed by atoms with Gasteiger partial charge in [-0.05, 0) is 75.1 Å². The lowest BCUT2D eigenvalue weighted by Gasteiger charge is -2.16. The first-order valence-corrected chi connectivity index (χ1v) is 17.6. The Morgan fingerprint density at radius 2 is 1.06 bits per heavy atom. The van der Waals surface area contributed by atoms with Crippen LogP contribution >= 0.6 is 0 Å². The van der Waals surface area contributed by atoms with Crippen LogP contribution in [-0.4, -0.2) is 14.5 Å². The molecule has 52 heavy (non-hydrogen) atoms. The highest BCUT2D eigenvalue weighted by molar-refractivity contribution is 6.15. The fraction of sp³-hybridized carbons (Fsp3) is 0. The Labute approximate surface area is 298 Å². The van der Waals surface area contributed by atoms with Crippen LogP contribution in [0.4, 0.5) is 0 Å². The van der Waals surface area contributed by atoms with Crippen molar-refractivity contribution in [2.75, 3.05) is 0 Å². The van der Waals surface area contributed by atoms with Crippen LogP contribution in [0.5, 0.6) is 0 Å². The molecule has 242 valence electrons. The molecule has 0 radical (unpaired) electrons. The SMILES string of the molecule is c1ccc(-c2ccc3oc4c(-c5cc6ccccc6cc5-n5c6ccccc6c6cc7ccccc7cc65)nc(-c5ccccc5)nc4c3c2)cc1. The van der Waals surface area contributed by atoms with Crippen molar-refractivity contribution < 1.29 is 4.42 Å². The molecule has 0 spiro atoms. The van der Waals surface area contributed by atoms with Crippen molar-refractivity contribution in [1.29, 1.82) is 0 Å². The van der Waals surface area contributed by atoms with Crippen LogP contribution in [-0.2, 0) is 0 Å². The summed E-state index contributed by atoms with van der Waals surface area (Å²) in [5, 5.41) is 8.08. The molecule has 4 nitrogen and oxygen atoms in total. The number of hydrogen-bond acceptors (Lipinski definition) is 3. The molecular formula is C48H29N3O. The number of aromatic nitrogens is 3. The summed E-state index contributed by atoms with van der Waals surface area (Å²) in [6.45, 7) is 0. The van der Waals surface area contributed by atoms with Crippen LogP contribution in [0.1, 0.15) is 0 Å². The van der Waals surface area contributed by atoms with E-state index in [1.54, 1.807) is 0 Å². The first kappa shape index (κ1) is 28.8. The molecule has 0 aliphatic heterocycles. The summed E-state index contributed by atoms with van der Waals surface area (Å²) in [7, 11) is 0. The Hall–Kier alpha value is -7.04. The maximum Gasteiger partial charge on any atom is 0.180 e. The minimum Gasteiger partial charge on any atom is -0.452 e. The molecule has 3 heterocycles. The first-order valence-electron chi connectivity index (χ1n) is 17.6. The molecule has 0 fully saturated rings. The molecule has 4 heteroatoms. The zero-order valence-corrected chi connectivity index (χ0v) is 28.0. The van der Waals surface area contributed by atoms with E-state index >= 15 is 0 Å². The van der Waals surface area contributed by atoms with Crippen LogP contribution in [0.2, 0.25) is 0 Å². The average molecular weight is 664 g/mol. The summed E-state index contributed by atoms with van der Waals surface area (Å²) < 4.78 is 9.21. The van der Waals surface area contributed by atoms with Gasteiger partial charge in [0.2, 0.25) is 0 Å². The molecular weight excluding hydrogens is 635 g/mol. The molecule has 0 bridgehead atoms. The van der Waals surface area contributed by atoms with Gasteiger partial charge in [-0.2, -0.15) is 0 Å². The lowest BCUT2D eigenvalue weighted by molar-refractivity contribution is 0.667. The van der Waals surface area contributed by atoms with E-state index in [1.807, 2.05) is 24.3 Å². The molecule has 8 aromatic carbocycles. The van der Waals surface area contributed by atoms with E-state index in [-0.39, 0.29) is 0 Å². The van der Waals surface area contributed by atoms with Gasteiger partial charge in [0.1, 0.15) is 16.8 Å². The van der Waals surface area contributed by atoms with Gasteiger partial charge in [0.05, 0.1) is 16.7 Å². The summed E-state index contributed by atoms with van der Waals surface area (Å²) in [5.74, 6) is 0.656. The second-order valence-electron chi connectivity index (χ2n) is 13.4. The van der Waals surface area contributed by atoms with E-state index in [2.05, 4.69) is 156 Å². The van der Waals surface area contributed by atoms with Crippen molar-refractivity contribution in [1.82, 2.24) is 14.5 Å². The summed E-state index contributed by atoms with van der Waals surface area (Å²) in [6, 6.07) is 62.1. The Bertz CT molecular complexity index is 3180. The third-order valence-electron chi connectivity index (χ3n) is 10.4. The number of furan rings is 1. The highest BCUT2D eigenvalue weighted by Crippen LogP contribution is 2.43. The molecule has 11 rings (SSSR count). The Kier molecular flexibility index (Phi) is 6.22. The van der Waals surface area contributed by atoms with Crippen LogP contribution in [0.15, 0.2) is 180 Å². The quantitative estimate of drug-likeness (QED) is 0.188. The average Bonchev–Trinajstić information content (AvgIpc) is 3.74. The van der Waals surface area contributed by atoms with Gasteiger partial charge in [-0.25, -0.2) is 9.97 Å². The minimum absolute atomic E-state index is 0.656. The fourth-order valence-electron chi connectivity index (χ4n) is 7.87. The normalized spacial score (nSPS) is 11.8. The van der Waals surface area contributed by atoms with Crippen molar-refractivity contribution in [2.24, 2.45) is 0 Å². The smallest absolute Gasteiger partial charge is 0.180 e. The fourth-order valence-corrected chi connectivity index (χ4v) is 7.87. The second kappa shape index (κ2) is 11.2. The van der Waals surface area contributed by atoms with Gasteiger partial charge in [-0.3, -0.25) is 0 Å². The number of rotatable bonds is 4. The number of para-hydroxylation sites is 1. The molecule has 0 saturated heterocycles. The summed E-state index contributed by atoms with van der Waals surface area (Å²) in [4.78, 5) is 10.6. The van der Waals surface area contributed by atoms with Gasteiger partial charge in [-0.1, -0.05) is 133 Å². The Morgan fingerprint density at radius 3 is 1.83 bits per heavy atom. The molecule has 0 aliphatic carbocycles. The van der Waals surface area contributed by atoms with Crippen LogP contribution in [0.25, 0.3) is 105 Å². The van der Waals surface area contributed by atoms with E-state index in [9.17, 15) is 0 Å². The topological polar surface area (TPSA) is 43.9 Å². The minimum atomic E-state index is 0.656. The largest absolute Gasteiger partial charge is 0.452 e. The lowest BCUT2D eigenvalue weighted by Crippen LogP contribution is -2.01. The van der Waals surface area contributed by atoms with Gasteiger partial charge in [0.25, 0.3) is 0 Å². The van der Waals surface area contributed by atoms with Gasteiger partial charge in [0, 0.05) is 27.3 Å². The van der Waals surface area contributed by atoms with Gasteiger partial charge in [-0.15, -0.1) is 0 Å². The summed E-state index contributed by atoms with van der Waals surface area (Å²) >= 11 is 0. The third-order valence-corrected chi connectivity index (χ3v) is 10.4. The maximum absolute atomic E-state index is 6.80. The van der Waals surface area contributed by atoms with E-state index in [0.717, 1.165) is 71.9 Å². The van der Waals surface area contributed by atoms with Crippen molar-refractivity contribution >= 4 is 65.4 Å². The number of hydrogen-bond donors (Lipinski definition) is 0. The zero-order chi connectivity index (χ0) is 34.2. The molecule has 0 aliphatic rings. The molecule has 0 atom stereocenters. The molecule has 11 aromatic rings. The van der Waals surface area contributed by atoms with Crippen molar-refractivity contribution in [3.05, 3.63) is 176 Å². The van der Waals surface area contributed by atoms with Crippen LogP contribution in [0, 0.1) is 0 Å². The monoisotopic (exact) mass is 663 g/mol. The van der Waals surface area contributed by atoms with Crippen molar-refractivity contribution in [3.8, 4) is 39.5 Å². The predicted molar refractivity (Wildman–Crippen MR) is 215 cm³/mol. The molecule has 0 saturated carbocycles. The Morgan fingerprint density at radius 1 is 0.423 bits per heavy atom. The molecule has 0 unspecified atom stereocenters. The zero-order valence-electron chi connectivity index (χ0n) is 28.0. The van der Waals surface area contributed by atoms with Gasteiger partial charge in [0.15, 0.2) is 11.4 Å². The van der Waals surface area contributed by atoms with E-state index in [4.69, 9.17) is 14.4 Å². The molecule has 0 amide bonds. The standard InChI is InChI=1S/C48H29N3O/c1-3-13-30(14-4-1)36-23-24-44-40(27-36)46-47(52-44)45(49-48(50-46)31-15-5-2-6-16-31)39-26-33-18-8-10-20-35(33)29-43(39)51-41-22-12-11-21-37(41)38-25-32-17-7-9-19-34(32)28-42(38)51/h1-29H. The maximum atomic E-state index is 6.80. The number of fused-ring (bicyclic) bond motifs is 8. The highest BCUT2D eigenvalue weighted by atomic mass is 16.3. The number of nitrogens with zero attached hydrogens (tertiary/aromatic N) is 3. The predicted octanol–water partition coefficient (Wildman–Crippen LogP) is 12.8. The van der Waals surface area contributed by atoms with Crippen molar-refractivity contribution in [2.45, 2.75) is 0 Å². The van der Waals surface area contributed by atoms with E-state index in [0.29, 0.717) is 11.4 Å². The first-order chi connectivity index (χ1) is 25.8. The van der Waals surface area contributed by atoms with E-state index in [1.165, 1.54) is 21.5 Å². The summed E-state index contributed by atoms with van der Waals surface area (Å²) in [6.07, 6.45) is 0. The van der Waals surface area contributed by atoms with Gasteiger partial charge >= 0.3 is 0 Å². The summed E-state index contributed by atoms with van der Waals surface area (Å²) in [5.41, 5.74) is 10.5. The number of benzene rings is 8. The molecule has 0 N–H and O–H groups in total. The van der Waals surface area contributed by atoms with Crippen molar-refractivity contribution in [3.63, 3.8) is 0 Å². The third kappa shape index (κ3) is 4.41. The lowest BCUT2D eigenvalue weighted by atomic mass is 10.0. The highest BCUT2D eigenvalue weighted by Gasteiger charge is 2.24. The Balaban J connectivity index is 1.28. The van der Waals surface area contributed by atoms with Crippen LogP contribution < -0.4 is 0 Å². The van der Waals surface area contributed by atoms with Crippen LogP contribution in [0.3, 0.4) is 0 Å². The van der Waals surface area contributed by atoms with E-state index < -0.39 is 0 Å². The van der Waals surface area contributed by atoms with Gasteiger partial charge < -0.3 is 8.98 Å². The second-order valence-corrected chi connectivity index (χ2v) is 13.4. The molecule has 3 aromatic heterocycles.